The summed E-state index contributed by atoms with van der Waals surface area (Å²) in [5.74, 6) is 0.550. The third-order valence-electron chi connectivity index (χ3n) is 7.58. The third-order valence-corrected chi connectivity index (χ3v) is 7.58. The fourth-order valence-corrected chi connectivity index (χ4v) is 5.27. The maximum atomic E-state index is 13.1. The van der Waals surface area contributed by atoms with Gasteiger partial charge in [-0.25, -0.2) is 4.68 Å². The van der Waals surface area contributed by atoms with Gasteiger partial charge in [0.2, 0.25) is 0 Å². The first-order chi connectivity index (χ1) is 17.5. The molecule has 0 spiro atoms. The first-order valence-corrected chi connectivity index (χ1v) is 13.1. The number of rotatable bonds is 7. The zero-order valence-electron chi connectivity index (χ0n) is 21.6. The van der Waals surface area contributed by atoms with Crippen LogP contribution in [0.1, 0.15) is 71.9 Å². The minimum atomic E-state index is 0.0670. The standard InChI is InChI=1S/C30H36N4O2/c1-21(2)24-5-11-27(12-6-24)34-22(3)28(20-32-34)30(35)18-23-4-13-29(31-19-23)25-7-9-26(10-8-25)33-14-16-36-17-15-33/h4-7,11-13,19-21,26H,8-10,14-18H2,1-3H3. The summed E-state index contributed by atoms with van der Waals surface area (Å²) >= 11 is 0. The first-order valence-electron chi connectivity index (χ1n) is 13.1. The van der Waals surface area contributed by atoms with E-state index in [4.69, 9.17) is 9.72 Å². The number of morpholine rings is 1. The molecule has 6 nitrogen and oxygen atoms in total. The fourth-order valence-electron chi connectivity index (χ4n) is 5.27. The van der Waals surface area contributed by atoms with E-state index in [1.165, 1.54) is 11.1 Å². The Hall–Kier alpha value is -3.09. The molecule has 2 aromatic heterocycles. The van der Waals surface area contributed by atoms with Crippen LogP contribution in [-0.2, 0) is 11.2 Å². The van der Waals surface area contributed by atoms with Gasteiger partial charge < -0.3 is 4.74 Å². The van der Waals surface area contributed by atoms with Crippen molar-refractivity contribution >= 4 is 11.4 Å². The zero-order valence-corrected chi connectivity index (χ0v) is 21.6. The summed E-state index contributed by atoms with van der Waals surface area (Å²) in [5.41, 5.74) is 7.06. The van der Waals surface area contributed by atoms with Crippen molar-refractivity contribution in [2.24, 2.45) is 0 Å². The van der Waals surface area contributed by atoms with Crippen molar-refractivity contribution in [3.8, 4) is 5.69 Å². The quantitative estimate of drug-likeness (QED) is 0.421. The van der Waals surface area contributed by atoms with Crippen LogP contribution in [0, 0.1) is 6.92 Å². The molecule has 0 saturated carbocycles. The smallest absolute Gasteiger partial charge is 0.170 e. The molecule has 1 atom stereocenters. The van der Waals surface area contributed by atoms with Gasteiger partial charge in [0, 0.05) is 31.7 Å². The summed E-state index contributed by atoms with van der Waals surface area (Å²) in [5, 5.41) is 4.50. The Morgan fingerprint density at radius 1 is 1.08 bits per heavy atom. The lowest BCUT2D eigenvalue weighted by Gasteiger charge is -2.36. The molecule has 6 heteroatoms. The highest BCUT2D eigenvalue weighted by molar-refractivity contribution is 5.98. The third kappa shape index (κ3) is 5.35. The van der Waals surface area contributed by atoms with E-state index in [1.54, 1.807) is 6.20 Å². The van der Waals surface area contributed by atoms with Crippen LogP contribution in [0.25, 0.3) is 11.3 Å². The molecule has 3 aromatic rings. The van der Waals surface area contributed by atoms with Crippen molar-refractivity contribution in [3.05, 3.63) is 82.9 Å². The topological polar surface area (TPSA) is 60.3 Å². The SMILES string of the molecule is Cc1c(C(=O)Cc2ccc(C3=CCC(N4CCOCC4)CC3)nc2)cnn1-c1ccc(C(C)C)cc1. The number of nitrogens with zero attached hydrogens (tertiary/aromatic N) is 4. The van der Waals surface area contributed by atoms with Gasteiger partial charge >= 0.3 is 0 Å². The van der Waals surface area contributed by atoms with E-state index in [0.29, 0.717) is 23.9 Å². The number of hydrogen-bond acceptors (Lipinski definition) is 5. The number of benzene rings is 1. The van der Waals surface area contributed by atoms with Crippen molar-refractivity contribution in [2.45, 2.75) is 58.4 Å². The van der Waals surface area contributed by atoms with Gasteiger partial charge in [-0.3, -0.25) is 14.7 Å². The van der Waals surface area contributed by atoms with Crippen LogP contribution in [-0.4, -0.2) is 57.8 Å². The van der Waals surface area contributed by atoms with E-state index in [2.05, 4.69) is 60.3 Å². The van der Waals surface area contributed by atoms with Crippen molar-refractivity contribution < 1.29 is 9.53 Å². The summed E-state index contributed by atoms with van der Waals surface area (Å²) in [6.45, 7) is 10.1. The highest BCUT2D eigenvalue weighted by Crippen LogP contribution is 2.29. The Balaban J connectivity index is 1.22. The Kier molecular flexibility index (Phi) is 7.44. The number of aromatic nitrogens is 3. The van der Waals surface area contributed by atoms with E-state index in [9.17, 15) is 4.79 Å². The van der Waals surface area contributed by atoms with Gasteiger partial charge in [0.25, 0.3) is 0 Å². The van der Waals surface area contributed by atoms with Crippen LogP contribution in [0.15, 0.2) is 54.9 Å². The van der Waals surface area contributed by atoms with Crippen molar-refractivity contribution in [1.82, 2.24) is 19.7 Å². The van der Waals surface area contributed by atoms with E-state index in [-0.39, 0.29) is 5.78 Å². The second kappa shape index (κ2) is 10.9. The minimum absolute atomic E-state index is 0.0670. The predicted octanol–water partition coefficient (Wildman–Crippen LogP) is 5.39. The number of carbonyl (C=O) groups is 1. The molecule has 1 aromatic carbocycles. The number of carbonyl (C=O) groups excluding carboxylic acids is 1. The van der Waals surface area contributed by atoms with Crippen LogP contribution < -0.4 is 0 Å². The number of ether oxygens (including phenoxy) is 1. The maximum Gasteiger partial charge on any atom is 0.170 e. The number of pyridine rings is 1. The van der Waals surface area contributed by atoms with Crippen molar-refractivity contribution in [2.75, 3.05) is 26.3 Å². The summed E-state index contributed by atoms with van der Waals surface area (Å²) in [6.07, 6.45) is 9.49. The monoisotopic (exact) mass is 484 g/mol. The highest BCUT2D eigenvalue weighted by atomic mass is 16.5. The Labute approximate surface area is 214 Å². The van der Waals surface area contributed by atoms with Crippen LogP contribution in [0.3, 0.4) is 0 Å². The molecular formula is C30H36N4O2. The second-order valence-corrected chi connectivity index (χ2v) is 10.3. The lowest BCUT2D eigenvalue weighted by Crippen LogP contribution is -2.43. The molecule has 1 fully saturated rings. The van der Waals surface area contributed by atoms with Crippen molar-refractivity contribution in [1.29, 1.82) is 0 Å². The van der Waals surface area contributed by atoms with E-state index in [1.807, 2.05) is 23.9 Å². The lowest BCUT2D eigenvalue weighted by atomic mass is 9.91. The van der Waals surface area contributed by atoms with Gasteiger partial charge in [-0.1, -0.05) is 38.1 Å². The molecule has 36 heavy (non-hydrogen) atoms. The second-order valence-electron chi connectivity index (χ2n) is 10.3. The lowest BCUT2D eigenvalue weighted by molar-refractivity contribution is 0.0150. The van der Waals surface area contributed by atoms with Gasteiger partial charge in [0.1, 0.15) is 0 Å². The average molecular weight is 485 g/mol. The van der Waals surface area contributed by atoms with Crippen LogP contribution in [0.5, 0.6) is 0 Å². The molecule has 0 N–H and O–H groups in total. The Morgan fingerprint density at radius 3 is 2.50 bits per heavy atom. The number of Topliss-reactive ketones (excluding diaryl/α,β-unsaturated/α-hetero) is 1. The number of ketones is 1. The molecule has 0 amide bonds. The van der Waals surface area contributed by atoms with Gasteiger partial charge in [-0.15, -0.1) is 0 Å². The molecule has 0 bridgehead atoms. The summed E-state index contributed by atoms with van der Waals surface area (Å²) in [6, 6.07) is 13.1. The largest absolute Gasteiger partial charge is 0.379 e. The van der Waals surface area contributed by atoms with Gasteiger partial charge in [0.15, 0.2) is 5.78 Å². The number of hydrogen-bond donors (Lipinski definition) is 0. The highest BCUT2D eigenvalue weighted by Gasteiger charge is 2.24. The molecule has 1 aliphatic carbocycles. The van der Waals surface area contributed by atoms with Crippen LogP contribution in [0.2, 0.25) is 0 Å². The normalized spacial score (nSPS) is 18.9. The Morgan fingerprint density at radius 2 is 1.86 bits per heavy atom. The fraction of sp³-hybridized carbons (Fsp3) is 0.433. The molecular weight excluding hydrogens is 448 g/mol. The number of allylic oxidation sites excluding steroid dienone is 1. The molecule has 0 radical (unpaired) electrons. The molecule has 1 aliphatic heterocycles. The van der Waals surface area contributed by atoms with E-state index < -0.39 is 0 Å². The average Bonchev–Trinajstić information content (AvgIpc) is 3.31. The maximum absolute atomic E-state index is 13.1. The summed E-state index contributed by atoms with van der Waals surface area (Å²) in [7, 11) is 0. The van der Waals surface area contributed by atoms with Crippen molar-refractivity contribution in [3.63, 3.8) is 0 Å². The van der Waals surface area contributed by atoms with Gasteiger partial charge in [-0.2, -0.15) is 5.10 Å². The Bertz CT molecular complexity index is 1220. The minimum Gasteiger partial charge on any atom is -0.379 e. The molecule has 3 heterocycles. The summed E-state index contributed by atoms with van der Waals surface area (Å²) < 4.78 is 7.34. The molecule has 1 saturated heterocycles. The predicted molar refractivity (Wildman–Crippen MR) is 143 cm³/mol. The van der Waals surface area contributed by atoms with Gasteiger partial charge in [-0.05, 0) is 67.0 Å². The van der Waals surface area contributed by atoms with Crippen LogP contribution >= 0.6 is 0 Å². The summed E-state index contributed by atoms with van der Waals surface area (Å²) in [4.78, 5) is 20.4. The molecule has 1 unspecified atom stereocenters. The first kappa shape index (κ1) is 24.6. The molecule has 2 aliphatic rings. The molecule has 5 rings (SSSR count). The zero-order chi connectivity index (χ0) is 25.1. The van der Waals surface area contributed by atoms with E-state index in [0.717, 1.165) is 68.2 Å². The van der Waals surface area contributed by atoms with Gasteiger partial charge in [0.05, 0.1) is 42.0 Å². The molecule has 188 valence electrons. The van der Waals surface area contributed by atoms with E-state index >= 15 is 0 Å². The van der Waals surface area contributed by atoms with Crippen LogP contribution in [0.4, 0.5) is 0 Å².